The van der Waals surface area contributed by atoms with E-state index in [1.54, 1.807) is 19.2 Å². The summed E-state index contributed by atoms with van der Waals surface area (Å²) < 4.78 is 28.0. The zero-order valence-electron chi connectivity index (χ0n) is 17.1. The summed E-state index contributed by atoms with van der Waals surface area (Å²) in [6.07, 6.45) is 3.56. The Labute approximate surface area is 191 Å². The molecule has 3 heterocycles. The molecule has 31 heavy (non-hydrogen) atoms. The Bertz CT molecular complexity index is 1040. The van der Waals surface area contributed by atoms with Gasteiger partial charge in [0.15, 0.2) is 0 Å². The first-order chi connectivity index (χ1) is 14.1. The second kappa shape index (κ2) is 9.32. The standard InChI is InChI=1S/C21H24FN3O4.2ClH/c1-2-28-21(27)14-11-25(12-3-4-12)16-8-17(15(22)7-13(16)20(14)26)24-5-6-29-19-10-23-9-18(19)24;;/h7-8,11-12,18-19,23H,2-6,9-10H2,1H3;2*1H. The van der Waals surface area contributed by atoms with Crippen molar-refractivity contribution >= 4 is 47.4 Å². The molecule has 2 unspecified atom stereocenters. The van der Waals surface area contributed by atoms with Crippen LogP contribution in [-0.4, -0.2) is 55.5 Å². The van der Waals surface area contributed by atoms with E-state index in [0.29, 0.717) is 24.4 Å². The number of ether oxygens (including phenoxy) is 2. The monoisotopic (exact) mass is 473 g/mol. The van der Waals surface area contributed by atoms with Crippen LogP contribution in [0.15, 0.2) is 23.1 Å². The highest BCUT2D eigenvalue weighted by atomic mass is 35.5. The van der Waals surface area contributed by atoms with Crippen molar-refractivity contribution in [1.29, 1.82) is 0 Å². The highest BCUT2D eigenvalue weighted by Crippen LogP contribution is 2.38. The molecule has 3 fully saturated rings. The minimum absolute atomic E-state index is 0. The zero-order chi connectivity index (χ0) is 20.1. The Morgan fingerprint density at radius 2 is 2.06 bits per heavy atom. The number of esters is 1. The van der Waals surface area contributed by atoms with Gasteiger partial charge >= 0.3 is 5.97 Å². The van der Waals surface area contributed by atoms with Crippen LogP contribution >= 0.6 is 24.8 Å². The number of halogens is 3. The summed E-state index contributed by atoms with van der Waals surface area (Å²) >= 11 is 0. The van der Waals surface area contributed by atoms with Gasteiger partial charge in [-0.2, -0.15) is 0 Å². The van der Waals surface area contributed by atoms with E-state index in [9.17, 15) is 9.59 Å². The fourth-order valence-electron chi connectivity index (χ4n) is 4.48. The van der Waals surface area contributed by atoms with Crippen LogP contribution in [0, 0.1) is 5.82 Å². The molecule has 2 saturated heterocycles. The number of hydrogen-bond donors (Lipinski definition) is 1. The lowest BCUT2D eigenvalue weighted by Gasteiger charge is -2.39. The third-order valence-electron chi connectivity index (χ3n) is 6.04. The maximum Gasteiger partial charge on any atom is 0.343 e. The van der Waals surface area contributed by atoms with E-state index in [1.807, 2.05) is 9.47 Å². The normalized spacial score (nSPS) is 22.5. The van der Waals surface area contributed by atoms with Gasteiger partial charge in [0.05, 0.1) is 36.6 Å². The quantitative estimate of drug-likeness (QED) is 0.688. The van der Waals surface area contributed by atoms with Gasteiger partial charge in [0.2, 0.25) is 5.43 Å². The van der Waals surface area contributed by atoms with Crippen molar-refractivity contribution < 1.29 is 18.7 Å². The molecule has 7 nitrogen and oxygen atoms in total. The van der Waals surface area contributed by atoms with Crippen LogP contribution in [0.5, 0.6) is 0 Å². The van der Waals surface area contributed by atoms with Crippen LogP contribution in [0.4, 0.5) is 10.1 Å². The number of aromatic nitrogens is 1. The first-order valence-electron chi connectivity index (χ1n) is 10.2. The highest BCUT2D eigenvalue weighted by Gasteiger charge is 2.37. The van der Waals surface area contributed by atoms with Crippen molar-refractivity contribution in [3.05, 3.63) is 39.9 Å². The molecule has 1 aromatic heterocycles. The van der Waals surface area contributed by atoms with E-state index in [2.05, 4.69) is 5.32 Å². The van der Waals surface area contributed by atoms with Crippen molar-refractivity contribution in [2.75, 3.05) is 37.7 Å². The molecule has 0 bridgehead atoms. The molecule has 0 amide bonds. The lowest BCUT2D eigenvalue weighted by atomic mass is 10.1. The smallest absolute Gasteiger partial charge is 0.343 e. The van der Waals surface area contributed by atoms with Crippen molar-refractivity contribution in [3.8, 4) is 0 Å². The number of hydrogen-bond acceptors (Lipinski definition) is 6. The zero-order valence-corrected chi connectivity index (χ0v) is 18.8. The van der Waals surface area contributed by atoms with Gasteiger partial charge in [0.25, 0.3) is 0 Å². The van der Waals surface area contributed by atoms with E-state index < -0.39 is 17.2 Å². The molecule has 2 atom stereocenters. The van der Waals surface area contributed by atoms with Crippen LogP contribution in [0.2, 0.25) is 0 Å². The summed E-state index contributed by atoms with van der Waals surface area (Å²) in [5.41, 5.74) is 0.626. The Morgan fingerprint density at radius 1 is 1.29 bits per heavy atom. The maximum atomic E-state index is 15.2. The largest absolute Gasteiger partial charge is 0.462 e. The number of anilines is 1. The summed E-state index contributed by atoms with van der Waals surface area (Å²) in [4.78, 5) is 27.3. The molecule has 0 spiro atoms. The number of morpholine rings is 1. The molecule has 3 aliphatic rings. The number of fused-ring (bicyclic) bond motifs is 2. The summed E-state index contributed by atoms with van der Waals surface area (Å²) in [6, 6.07) is 3.33. The van der Waals surface area contributed by atoms with Crippen LogP contribution in [0.3, 0.4) is 0 Å². The summed E-state index contributed by atoms with van der Waals surface area (Å²) in [5, 5.41) is 3.53. The lowest BCUT2D eigenvalue weighted by molar-refractivity contribution is 0.0347. The van der Waals surface area contributed by atoms with Gasteiger partial charge in [0.1, 0.15) is 11.4 Å². The van der Waals surface area contributed by atoms with Crippen LogP contribution in [0.25, 0.3) is 10.9 Å². The van der Waals surface area contributed by atoms with Gasteiger partial charge in [0, 0.05) is 37.3 Å². The molecule has 1 N–H and O–H groups in total. The lowest BCUT2D eigenvalue weighted by Crippen LogP contribution is -2.51. The molecule has 1 aliphatic carbocycles. The molecular weight excluding hydrogens is 448 g/mol. The van der Waals surface area contributed by atoms with E-state index in [4.69, 9.17) is 9.47 Å². The number of nitrogens with zero attached hydrogens (tertiary/aromatic N) is 2. The SMILES string of the molecule is CCOC(=O)c1cn(C2CC2)c2cc(N3CCOC4CNCC43)c(F)cc2c1=O.Cl.Cl. The van der Waals surface area contributed by atoms with Gasteiger partial charge in [-0.25, -0.2) is 9.18 Å². The predicted molar refractivity (Wildman–Crippen MR) is 121 cm³/mol. The summed E-state index contributed by atoms with van der Waals surface area (Å²) in [7, 11) is 0. The summed E-state index contributed by atoms with van der Waals surface area (Å²) in [6.45, 7) is 4.50. The molecule has 2 aromatic rings. The molecule has 1 aromatic carbocycles. The van der Waals surface area contributed by atoms with Crippen molar-refractivity contribution in [2.45, 2.75) is 38.0 Å². The number of nitrogens with one attached hydrogen (secondary N) is 1. The minimum Gasteiger partial charge on any atom is -0.462 e. The number of carbonyl (C=O) groups is 1. The predicted octanol–water partition coefficient (Wildman–Crippen LogP) is 2.67. The fourth-order valence-corrected chi connectivity index (χ4v) is 4.48. The fraction of sp³-hybridized carbons (Fsp3) is 0.524. The van der Waals surface area contributed by atoms with Crippen molar-refractivity contribution in [3.63, 3.8) is 0 Å². The second-order valence-corrected chi connectivity index (χ2v) is 7.88. The van der Waals surface area contributed by atoms with Gasteiger partial charge in [-0.1, -0.05) is 0 Å². The van der Waals surface area contributed by atoms with Gasteiger partial charge < -0.3 is 24.3 Å². The molecule has 1 saturated carbocycles. The Morgan fingerprint density at radius 3 is 2.77 bits per heavy atom. The van der Waals surface area contributed by atoms with E-state index >= 15 is 4.39 Å². The highest BCUT2D eigenvalue weighted by molar-refractivity contribution is 5.94. The maximum absolute atomic E-state index is 15.2. The number of carbonyl (C=O) groups excluding carboxylic acids is 1. The van der Waals surface area contributed by atoms with E-state index in [0.717, 1.165) is 25.9 Å². The molecular formula is C21H26Cl2FN3O4. The summed E-state index contributed by atoms with van der Waals surface area (Å²) in [5.74, 6) is -1.11. The van der Waals surface area contributed by atoms with Gasteiger partial charge in [-0.3, -0.25) is 4.79 Å². The van der Waals surface area contributed by atoms with Crippen LogP contribution in [0.1, 0.15) is 36.2 Å². The van der Waals surface area contributed by atoms with Crippen LogP contribution < -0.4 is 15.6 Å². The molecule has 5 rings (SSSR count). The molecule has 2 aliphatic heterocycles. The number of pyridine rings is 1. The third-order valence-corrected chi connectivity index (χ3v) is 6.04. The van der Waals surface area contributed by atoms with Crippen molar-refractivity contribution in [1.82, 2.24) is 9.88 Å². The van der Waals surface area contributed by atoms with Crippen molar-refractivity contribution in [2.24, 2.45) is 0 Å². The topological polar surface area (TPSA) is 72.8 Å². The van der Waals surface area contributed by atoms with Gasteiger partial charge in [-0.05, 0) is 31.9 Å². The first-order valence-corrected chi connectivity index (χ1v) is 10.2. The van der Waals surface area contributed by atoms with Gasteiger partial charge in [-0.15, -0.1) is 24.8 Å². The first kappa shape index (κ1) is 23.8. The van der Waals surface area contributed by atoms with E-state index in [1.165, 1.54) is 6.07 Å². The Balaban J connectivity index is 0.00000136. The second-order valence-electron chi connectivity index (χ2n) is 7.88. The third kappa shape index (κ3) is 4.14. The van der Waals surface area contributed by atoms with E-state index in [-0.39, 0.29) is 60.6 Å². The minimum atomic E-state index is -0.661. The van der Waals surface area contributed by atoms with Crippen LogP contribution in [-0.2, 0) is 9.47 Å². The average Bonchev–Trinajstić information content (AvgIpc) is 3.44. The Hall–Kier alpha value is -1.87. The molecule has 0 radical (unpaired) electrons. The number of benzene rings is 1. The molecule has 10 heteroatoms. The average molecular weight is 474 g/mol. The number of rotatable bonds is 4. The molecule has 170 valence electrons. The Kier molecular flexibility index (Phi) is 7.15.